The van der Waals surface area contributed by atoms with Crippen LogP contribution in [0.5, 0.6) is 5.75 Å². The maximum atomic E-state index is 10.6. The second-order valence-corrected chi connectivity index (χ2v) is 3.65. The molecule has 0 fully saturated rings. The number of phenols is 1. The highest BCUT2D eigenvalue weighted by Crippen LogP contribution is 2.24. The molecule has 1 rings (SSSR count). The summed E-state index contributed by atoms with van der Waals surface area (Å²) in [4.78, 5) is 10.6. The monoisotopic (exact) mass is 209 g/mol. The lowest BCUT2D eigenvalue weighted by Gasteiger charge is -2.13. The summed E-state index contributed by atoms with van der Waals surface area (Å²) >= 11 is 0. The van der Waals surface area contributed by atoms with Crippen molar-refractivity contribution in [2.24, 2.45) is 5.73 Å². The summed E-state index contributed by atoms with van der Waals surface area (Å²) in [6, 6.07) is 2.38. The second-order valence-electron chi connectivity index (χ2n) is 3.65. The van der Waals surface area contributed by atoms with Crippen molar-refractivity contribution in [3.63, 3.8) is 0 Å². The van der Waals surface area contributed by atoms with Crippen molar-refractivity contribution >= 4 is 5.97 Å². The van der Waals surface area contributed by atoms with Crippen LogP contribution in [0.3, 0.4) is 0 Å². The van der Waals surface area contributed by atoms with Gasteiger partial charge in [0.1, 0.15) is 11.8 Å². The lowest BCUT2D eigenvalue weighted by molar-refractivity contribution is -0.138. The van der Waals surface area contributed by atoms with Gasteiger partial charge in [-0.1, -0.05) is 6.07 Å². The molecule has 0 aromatic heterocycles. The minimum Gasteiger partial charge on any atom is -0.508 e. The van der Waals surface area contributed by atoms with E-state index in [-0.39, 0.29) is 12.2 Å². The number of nitrogens with two attached hydrogens (primary N) is 1. The standard InChI is InChI=1S/C11H15NO3/c1-6-3-4-10(13)8(7(6)2)5-9(12)11(14)15/h3-4,9,13H,5,12H2,1-2H3,(H,14,15). The molecule has 4 nitrogen and oxygen atoms in total. The van der Waals surface area contributed by atoms with Crippen molar-refractivity contribution in [1.82, 2.24) is 0 Å². The fourth-order valence-electron chi connectivity index (χ4n) is 1.42. The van der Waals surface area contributed by atoms with Crippen molar-refractivity contribution in [2.45, 2.75) is 26.3 Å². The molecular weight excluding hydrogens is 194 g/mol. The Balaban J connectivity index is 3.03. The van der Waals surface area contributed by atoms with Gasteiger partial charge in [-0.15, -0.1) is 0 Å². The zero-order chi connectivity index (χ0) is 11.6. The first kappa shape index (κ1) is 11.5. The summed E-state index contributed by atoms with van der Waals surface area (Å²) in [5, 5.41) is 18.3. The number of carboxylic acid groups (broad SMARTS) is 1. The van der Waals surface area contributed by atoms with E-state index in [9.17, 15) is 9.90 Å². The number of hydrogen-bond donors (Lipinski definition) is 3. The van der Waals surface area contributed by atoms with Gasteiger partial charge in [-0.25, -0.2) is 0 Å². The molecule has 0 saturated carbocycles. The molecule has 82 valence electrons. The third-order valence-electron chi connectivity index (χ3n) is 2.59. The number of hydrogen-bond acceptors (Lipinski definition) is 3. The van der Waals surface area contributed by atoms with E-state index in [1.165, 1.54) is 0 Å². The molecule has 4 N–H and O–H groups in total. The largest absolute Gasteiger partial charge is 0.508 e. The molecule has 0 amide bonds. The van der Waals surface area contributed by atoms with Crippen LogP contribution < -0.4 is 5.73 Å². The molecular formula is C11H15NO3. The van der Waals surface area contributed by atoms with Crippen LogP contribution in [0.25, 0.3) is 0 Å². The zero-order valence-corrected chi connectivity index (χ0v) is 8.82. The van der Waals surface area contributed by atoms with Gasteiger partial charge in [0.15, 0.2) is 0 Å². The molecule has 0 aliphatic rings. The van der Waals surface area contributed by atoms with Crippen LogP contribution in [0, 0.1) is 13.8 Å². The molecule has 1 aromatic rings. The summed E-state index contributed by atoms with van der Waals surface area (Å²) in [5.74, 6) is -0.954. The number of aryl methyl sites for hydroxylation is 1. The fraction of sp³-hybridized carbons (Fsp3) is 0.364. The van der Waals surface area contributed by atoms with E-state index < -0.39 is 12.0 Å². The summed E-state index contributed by atoms with van der Waals surface area (Å²) in [5.41, 5.74) is 7.95. The van der Waals surface area contributed by atoms with E-state index in [0.717, 1.165) is 11.1 Å². The number of carbonyl (C=O) groups is 1. The van der Waals surface area contributed by atoms with Crippen LogP contribution in [0.15, 0.2) is 12.1 Å². The van der Waals surface area contributed by atoms with E-state index in [2.05, 4.69) is 0 Å². The lowest BCUT2D eigenvalue weighted by atomic mass is 9.97. The molecule has 0 spiro atoms. The highest BCUT2D eigenvalue weighted by molar-refractivity contribution is 5.73. The third kappa shape index (κ3) is 2.47. The van der Waals surface area contributed by atoms with Gasteiger partial charge >= 0.3 is 5.97 Å². The van der Waals surface area contributed by atoms with Crippen molar-refractivity contribution in [2.75, 3.05) is 0 Å². The van der Waals surface area contributed by atoms with Crippen LogP contribution in [-0.2, 0) is 11.2 Å². The van der Waals surface area contributed by atoms with Crippen LogP contribution in [-0.4, -0.2) is 22.2 Å². The molecule has 0 aliphatic carbocycles. The number of benzene rings is 1. The molecule has 0 aliphatic heterocycles. The third-order valence-corrected chi connectivity index (χ3v) is 2.59. The van der Waals surface area contributed by atoms with Crippen molar-refractivity contribution < 1.29 is 15.0 Å². The van der Waals surface area contributed by atoms with Crippen molar-refractivity contribution in [3.8, 4) is 5.75 Å². The van der Waals surface area contributed by atoms with Gasteiger partial charge in [0.05, 0.1) is 0 Å². The van der Waals surface area contributed by atoms with E-state index in [1.54, 1.807) is 12.1 Å². The average Bonchev–Trinajstić information content (AvgIpc) is 2.18. The maximum absolute atomic E-state index is 10.6. The Morgan fingerprint density at radius 1 is 1.47 bits per heavy atom. The van der Waals surface area contributed by atoms with Gasteiger partial charge in [-0.2, -0.15) is 0 Å². The van der Waals surface area contributed by atoms with Crippen molar-refractivity contribution in [1.29, 1.82) is 0 Å². The predicted octanol–water partition coefficient (Wildman–Crippen LogP) is 0.963. The minimum atomic E-state index is -1.06. The molecule has 1 atom stereocenters. The van der Waals surface area contributed by atoms with E-state index >= 15 is 0 Å². The molecule has 0 radical (unpaired) electrons. The second kappa shape index (κ2) is 4.31. The molecule has 4 heteroatoms. The first-order valence-electron chi connectivity index (χ1n) is 4.70. The Morgan fingerprint density at radius 2 is 2.07 bits per heavy atom. The van der Waals surface area contributed by atoms with E-state index in [1.807, 2.05) is 13.8 Å². The molecule has 0 heterocycles. The number of phenolic OH excluding ortho intramolecular Hbond substituents is 1. The summed E-state index contributed by atoms with van der Waals surface area (Å²) in [6.07, 6.45) is 0.147. The van der Waals surface area contributed by atoms with Gasteiger partial charge in [0.25, 0.3) is 0 Å². The summed E-state index contributed by atoms with van der Waals surface area (Å²) in [6.45, 7) is 3.75. The van der Waals surface area contributed by atoms with Crippen LogP contribution >= 0.6 is 0 Å². The number of rotatable bonds is 3. The van der Waals surface area contributed by atoms with Crippen LogP contribution in [0.2, 0.25) is 0 Å². The Bertz CT molecular complexity index is 388. The van der Waals surface area contributed by atoms with Crippen LogP contribution in [0.4, 0.5) is 0 Å². The average molecular weight is 209 g/mol. The normalized spacial score (nSPS) is 12.5. The Labute approximate surface area is 88.3 Å². The van der Waals surface area contributed by atoms with Gasteiger partial charge in [0.2, 0.25) is 0 Å². The van der Waals surface area contributed by atoms with E-state index in [0.29, 0.717) is 5.56 Å². The molecule has 0 saturated heterocycles. The number of aromatic hydroxyl groups is 1. The molecule has 1 unspecified atom stereocenters. The fourth-order valence-corrected chi connectivity index (χ4v) is 1.42. The Kier molecular flexibility index (Phi) is 3.31. The molecule has 0 bridgehead atoms. The SMILES string of the molecule is Cc1ccc(O)c(CC(N)C(=O)O)c1C. The maximum Gasteiger partial charge on any atom is 0.320 e. The van der Waals surface area contributed by atoms with Crippen molar-refractivity contribution in [3.05, 3.63) is 28.8 Å². The highest BCUT2D eigenvalue weighted by atomic mass is 16.4. The highest BCUT2D eigenvalue weighted by Gasteiger charge is 2.16. The molecule has 15 heavy (non-hydrogen) atoms. The topological polar surface area (TPSA) is 83.5 Å². The van der Waals surface area contributed by atoms with Gasteiger partial charge in [-0.3, -0.25) is 4.79 Å². The van der Waals surface area contributed by atoms with Gasteiger partial charge in [-0.05, 0) is 36.6 Å². The van der Waals surface area contributed by atoms with Gasteiger partial charge in [0, 0.05) is 6.42 Å². The smallest absolute Gasteiger partial charge is 0.320 e. The summed E-state index contributed by atoms with van der Waals surface area (Å²) in [7, 11) is 0. The Morgan fingerprint density at radius 3 is 2.60 bits per heavy atom. The van der Waals surface area contributed by atoms with Gasteiger partial charge < -0.3 is 15.9 Å². The number of aliphatic carboxylic acids is 1. The van der Waals surface area contributed by atoms with Crippen LogP contribution in [0.1, 0.15) is 16.7 Å². The van der Waals surface area contributed by atoms with E-state index in [4.69, 9.17) is 10.8 Å². The quantitative estimate of drug-likeness (QED) is 0.692. The minimum absolute atomic E-state index is 0.106. The molecule has 1 aromatic carbocycles. The first-order chi connectivity index (χ1) is 6.93. The first-order valence-corrected chi connectivity index (χ1v) is 4.70. The number of carboxylic acids is 1. The zero-order valence-electron chi connectivity index (χ0n) is 8.82. The summed E-state index contributed by atoms with van der Waals surface area (Å²) < 4.78 is 0. The predicted molar refractivity (Wildman–Crippen MR) is 56.9 cm³/mol. The Hall–Kier alpha value is -1.55. The lowest BCUT2D eigenvalue weighted by Crippen LogP contribution is -2.32.